The molecule has 0 radical (unpaired) electrons. The summed E-state index contributed by atoms with van der Waals surface area (Å²) in [4.78, 5) is 5.31. The van der Waals surface area contributed by atoms with Gasteiger partial charge in [-0.2, -0.15) is 0 Å². The SMILES string of the molecule is OCC1(CN2CCC(N3CCCCC3)C2)CCOCC1. The third-order valence-corrected chi connectivity index (χ3v) is 5.60. The van der Waals surface area contributed by atoms with E-state index in [0.717, 1.165) is 38.6 Å². The van der Waals surface area contributed by atoms with Crippen LogP contribution >= 0.6 is 0 Å². The van der Waals surface area contributed by atoms with E-state index < -0.39 is 0 Å². The van der Waals surface area contributed by atoms with Gasteiger partial charge in [0.25, 0.3) is 0 Å². The Morgan fingerprint density at radius 3 is 2.50 bits per heavy atom. The van der Waals surface area contributed by atoms with Crippen LogP contribution in [0.2, 0.25) is 0 Å². The summed E-state index contributed by atoms with van der Waals surface area (Å²) < 4.78 is 5.47. The molecule has 0 aromatic heterocycles. The van der Waals surface area contributed by atoms with E-state index in [1.807, 2.05) is 0 Å². The minimum Gasteiger partial charge on any atom is -0.396 e. The Hall–Kier alpha value is -0.160. The van der Waals surface area contributed by atoms with Crippen LogP contribution < -0.4 is 0 Å². The summed E-state index contributed by atoms with van der Waals surface area (Å²) in [7, 11) is 0. The average molecular weight is 282 g/mol. The monoisotopic (exact) mass is 282 g/mol. The molecule has 0 bridgehead atoms. The molecule has 0 aliphatic carbocycles. The number of hydrogen-bond donors (Lipinski definition) is 1. The van der Waals surface area contributed by atoms with Crippen LogP contribution in [0.1, 0.15) is 38.5 Å². The second-order valence-electron chi connectivity index (χ2n) is 7.04. The molecular formula is C16H30N2O2. The van der Waals surface area contributed by atoms with Gasteiger partial charge in [-0.3, -0.25) is 4.90 Å². The number of aliphatic hydroxyl groups is 1. The van der Waals surface area contributed by atoms with Gasteiger partial charge in [-0.25, -0.2) is 0 Å². The summed E-state index contributed by atoms with van der Waals surface area (Å²) >= 11 is 0. The Morgan fingerprint density at radius 2 is 1.80 bits per heavy atom. The average Bonchev–Trinajstić information content (AvgIpc) is 2.97. The van der Waals surface area contributed by atoms with E-state index in [0.29, 0.717) is 6.61 Å². The summed E-state index contributed by atoms with van der Waals surface area (Å²) in [6, 6.07) is 0.769. The van der Waals surface area contributed by atoms with E-state index in [1.54, 1.807) is 0 Å². The molecule has 1 unspecified atom stereocenters. The molecule has 0 saturated carbocycles. The molecule has 116 valence electrons. The molecule has 0 amide bonds. The minimum absolute atomic E-state index is 0.106. The van der Waals surface area contributed by atoms with Crippen molar-refractivity contribution in [2.24, 2.45) is 5.41 Å². The van der Waals surface area contributed by atoms with Crippen LogP contribution in [0.15, 0.2) is 0 Å². The van der Waals surface area contributed by atoms with Crippen molar-refractivity contribution in [3.05, 3.63) is 0 Å². The molecule has 3 heterocycles. The smallest absolute Gasteiger partial charge is 0.0501 e. The van der Waals surface area contributed by atoms with Crippen LogP contribution in [-0.4, -0.2) is 73.5 Å². The van der Waals surface area contributed by atoms with Crippen LogP contribution in [0, 0.1) is 5.41 Å². The highest BCUT2D eigenvalue weighted by molar-refractivity contribution is 4.90. The molecule has 0 spiro atoms. The Labute approximate surface area is 123 Å². The first kappa shape index (κ1) is 14.8. The van der Waals surface area contributed by atoms with Crippen LogP contribution in [0.3, 0.4) is 0 Å². The van der Waals surface area contributed by atoms with Gasteiger partial charge in [0.05, 0.1) is 6.61 Å². The molecule has 3 aliphatic rings. The molecule has 3 fully saturated rings. The Morgan fingerprint density at radius 1 is 1.05 bits per heavy atom. The van der Waals surface area contributed by atoms with Crippen LogP contribution in [0.5, 0.6) is 0 Å². The molecule has 1 atom stereocenters. The highest BCUT2D eigenvalue weighted by Crippen LogP contribution is 2.32. The minimum atomic E-state index is 0.106. The Kier molecular flexibility index (Phi) is 4.97. The van der Waals surface area contributed by atoms with Crippen molar-refractivity contribution in [1.29, 1.82) is 0 Å². The van der Waals surface area contributed by atoms with E-state index in [2.05, 4.69) is 9.80 Å². The number of rotatable bonds is 4. The maximum Gasteiger partial charge on any atom is 0.0501 e. The van der Waals surface area contributed by atoms with Gasteiger partial charge in [0, 0.05) is 37.8 Å². The maximum absolute atomic E-state index is 9.82. The molecule has 3 aliphatic heterocycles. The first-order valence-corrected chi connectivity index (χ1v) is 8.46. The zero-order valence-corrected chi connectivity index (χ0v) is 12.7. The highest BCUT2D eigenvalue weighted by atomic mass is 16.5. The van der Waals surface area contributed by atoms with Gasteiger partial charge in [0.15, 0.2) is 0 Å². The molecule has 1 N–H and O–H groups in total. The summed E-state index contributed by atoms with van der Waals surface area (Å²) in [6.45, 7) is 8.06. The van der Waals surface area contributed by atoms with Gasteiger partial charge in [-0.15, -0.1) is 0 Å². The number of likely N-dealkylation sites (tertiary alicyclic amines) is 2. The van der Waals surface area contributed by atoms with E-state index in [1.165, 1.54) is 51.9 Å². The fraction of sp³-hybridized carbons (Fsp3) is 1.00. The largest absolute Gasteiger partial charge is 0.396 e. The maximum atomic E-state index is 9.82. The molecular weight excluding hydrogens is 252 g/mol. The zero-order valence-electron chi connectivity index (χ0n) is 12.7. The molecule has 4 heteroatoms. The summed E-state index contributed by atoms with van der Waals surface area (Å²) in [5.41, 5.74) is 0.106. The Balaban J connectivity index is 1.51. The molecule has 0 aromatic rings. The molecule has 0 aromatic carbocycles. The zero-order chi connectivity index (χ0) is 13.8. The van der Waals surface area contributed by atoms with Crippen molar-refractivity contribution in [2.75, 3.05) is 52.5 Å². The number of aliphatic hydroxyl groups excluding tert-OH is 1. The number of hydrogen-bond acceptors (Lipinski definition) is 4. The number of piperidine rings is 1. The predicted octanol–water partition coefficient (Wildman–Crippen LogP) is 1.34. The first-order valence-electron chi connectivity index (χ1n) is 8.46. The van der Waals surface area contributed by atoms with Crippen molar-refractivity contribution in [3.8, 4) is 0 Å². The van der Waals surface area contributed by atoms with Crippen LogP contribution in [0.25, 0.3) is 0 Å². The lowest BCUT2D eigenvalue weighted by Crippen LogP contribution is -2.45. The Bertz CT molecular complexity index is 299. The van der Waals surface area contributed by atoms with Crippen LogP contribution in [0.4, 0.5) is 0 Å². The van der Waals surface area contributed by atoms with Gasteiger partial charge in [-0.1, -0.05) is 6.42 Å². The number of nitrogens with zero attached hydrogens (tertiary/aromatic N) is 2. The number of ether oxygens (including phenoxy) is 1. The third-order valence-electron chi connectivity index (χ3n) is 5.60. The summed E-state index contributed by atoms with van der Waals surface area (Å²) in [5, 5.41) is 9.82. The van der Waals surface area contributed by atoms with E-state index in [9.17, 15) is 5.11 Å². The molecule has 20 heavy (non-hydrogen) atoms. The fourth-order valence-electron chi connectivity index (χ4n) is 4.18. The lowest BCUT2D eigenvalue weighted by Gasteiger charge is -2.39. The standard InChI is InChI=1S/C16H30N2O2/c19-14-16(5-10-20-11-6-16)13-17-9-4-15(12-17)18-7-2-1-3-8-18/h15,19H,1-14H2. The molecule has 3 saturated heterocycles. The normalized spacial score (nSPS) is 32.5. The van der Waals surface area contributed by atoms with Crippen molar-refractivity contribution >= 4 is 0 Å². The van der Waals surface area contributed by atoms with Crippen molar-refractivity contribution in [1.82, 2.24) is 9.80 Å². The summed E-state index contributed by atoms with van der Waals surface area (Å²) in [6.07, 6.45) is 7.55. The van der Waals surface area contributed by atoms with Crippen molar-refractivity contribution in [2.45, 2.75) is 44.6 Å². The lowest BCUT2D eigenvalue weighted by atomic mass is 9.80. The first-order chi connectivity index (χ1) is 9.81. The quantitative estimate of drug-likeness (QED) is 0.844. The third kappa shape index (κ3) is 3.35. The van der Waals surface area contributed by atoms with Crippen molar-refractivity contribution < 1.29 is 9.84 Å². The van der Waals surface area contributed by atoms with E-state index in [-0.39, 0.29) is 5.41 Å². The van der Waals surface area contributed by atoms with Gasteiger partial charge < -0.3 is 14.7 Å². The van der Waals surface area contributed by atoms with Gasteiger partial charge in [0.1, 0.15) is 0 Å². The van der Waals surface area contributed by atoms with E-state index in [4.69, 9.17) is 4.74 Å². The second kappa shape index (κ2) is 6.73. The van der Waals surface area contributed by atoms with Crippen LogP contribution in [-0.2, 0) is 4.74 Å². The van der Waals surface area contributed by atoms with Gasteiger partial charge in [0.2, 0.25) is 0 Å². The predicted molar refractivity (Wildman–Crippen MR) is 79.8 cm³/mol. The van der Waals surface area contributed by atoms with Gasteiger partial charge in [-0.05, 0) is 51.7 Å². The lowest BCUT2D eigenvalue weighted by molar-refractivity contribution is -0.0320. The van der Waals surface area contributed by atoms with Gasteiger partial charge >= 0.3 is 0 Å². The van der Waals surface area contributed by atoms with E-state index >= 15 is 0 Å². The fourth-order valence-corrected chi connectivity index (χ4v) is 4.18. The molecule has 4 nitrogen and oxygen atoms in total. The summed E-state index contributed by atoms with van der Waals surface area (Å²) in [5.74, 6) is 0. The second-order valence-corrected chi connectivity index (χ2v) is 7.04. The highest BCUT2D eigenvalue weighted by Gasteiger charge is 2.37. The van der Waals surface area contributed by atoms with Crippen molar-refractivity contribution in [3.63, 3.8) is 0 Å². The molecule has 3 rings (SSSR count). The topological polar surface area (TPSA) is 35.9 Å².